The van der Waals surface area contributed by atoms with E-state index < -0.39 is 31.0 Å². The average molecular weight is 436 g/mol. The minimum absolute atomic E-state index is 0.252. The number of phosphoric ester groups is 1. The zero-order chi connectivity index (χ0) is 23.3. The van der Waals surface area contributed by atoms with Gasteiger partial charge >= 0.3 is 19.8 Å². The SMILES string of the molecule is COC(=O)/C=C/C(=O)OC(C)(C)CC(C)(C)CC(C)(C)CC(C)(C)OP(=O)(O)O. The molecule has 0 bridgehead atoms. The number of phosphoric acid groups is 1. The van der Waals surface area contributed by atoms with Gasteiger partial charge in [-0.05, 0) is 57.8 Å². The van der Waals surface area contributed by atoms with Crippen LogP contribution in [0, 0.1) is 10.8 Å². The molecule has 0 aromatic carbocycles. The van der Waals surface area contributed by atoms with E-state index in [9.17, 15) is 14.2 Å². The monoisotopic (exact) mass is 436 g/mol. The van der Waals surface area contributed by atoms with Gasteiger partial charge in [0.05, 0.1) is 12.7 Å². The first kappa shape index (κ1) is 27.8. The van der Waals surface area contributed by atoms with E-state index in [1.54, 1.807) is 27.7 Å². The van der Waals surface area contributed by atoms with Gasteiger partial charge in [-0.2, -0.15) is 0 Å². The van der Waals surface area contributed by atoms with Crippen LogP contribution < -0.4 is 0 Å². The largest absolute Gasteiger partial charge is 0.470 e. The van der Waals surface area contributed by atoms with Crippen LogP contribution in [0.25, 0.3) is 0 Å². The first-order valence-electron chi connectivity index (χ1n) is 9.43. The summed E-state index contributed by atoms with van der Waals surface area (Å²) in [6.45, 7) is 15.0. The molecule has 0 atom stereocenters. The number of hydrogen-bond acceptors (Lipinski definition) is 6. The van der Waals surface area contributed by atoms with Gasteiger partial charge in [0.1, 0.15) is 5.60 Å². The summed E-state index contributed by atoms with van der Waals surface area (Å²) in [7, 11) is -3.37. The third-order valence-corrected chi connectivity index (χ3v) is 4.80. The number of esters is 2. The Morgan fingerprint density at radius 3 is 1.62 bits per heavy atom. The molecule has 0 aliphatic rings. The maximum Gasteiger partial charge on any atom is 0.470 e. The molecule has 0 aromatic rings. The van der Waals surface area contributed by atoms with Gasteiger partial charge in [-0.25, -0.2) is 14.2 Å². The van der Waals surface area contributed by atoms with Crippen molar-refractivity contribution in [2.75, 3.05) is 7.11 Å². The van der Waals surface area contributed by atoms with Crippen LogP contribution >= 0.6 is 7.82 Å². The number of ether oxygens (including phenoxy) is 2. The first-order valence-corrected chi connectivity index (χ1v) is 11.0. The van der Waals surface area contributed by atoms with Crippen molar-refractivity contribution in [3.05, 3.63) is 12.2 Å². The van der Waals surface area contributed by atoms with Crippen molar-refractivity contribution in [1.82, 2.24) is 0 Å². The highest BCUT2D eigenvalue weighted by Gasteiger charge is 2.40. The molecule has 9 heteroatoms. The van der Waals surface area contributed by atoms with Crippen molar-refractivity contribution >= 4 is 19.8 Å². The summed E-state index contributed by atoms with van der Waals surface area (Å²) < 4.78 is 26.1. The lowest BCUT2D eigenvalue weighted by molar-refractivity contribution is -0.153. The van der Waals surface area contributed by atoms with Crippen LogP contribution in [0.3, 0.4) is 0 Å². The fourth-order valence-corrected chi connectivity index (χ4v) is 5.33. The van der Waals surface area contributed by atoms with E-state index in [2.05, 4.69) is 4.74 Å². The Kier molecular flexibility index (Phi) is 9.33. The molecule has 0 spiro atoms. The molecular weight excluding hydrogens is 399 g/mol. The summed E-state index contributed by atoms with van der Waals surface area (Å²) >= 11 is 0. The van der Waals surface area contributed by atoms with E-state index in [1.807, 2.05) is 27.7 Å². The Labute approximate surface area is 174 Å². The van der Waals surface area contributed by atoms with E-state index in [0.29, 0.717) is 19.3 Å². The highest BCUT2D eigenvalue weighted by atomic mass is 31.2. The molecule has 8 nitrogen and oxygen atoms in total. The Hall–Kier alpha value is -1.21. The fraction of sp³-hybridized carbons (Fsp3) is 0.800. The lowest BCUT2D eigenvalue weighted by Gasteiger charge is -2.42. The standard InChI is InChI=1S/C20H37O8P/c1-17(2,12-18(3,4)14-20(7,8)28-29(23,24)25)13-19(5,6)27-16(22)11-10-15(21)26-9/h10-11H,12-14H2,1-9H3,(H2,23,24,25)/b11-10+. The number of methoxy groups -OCH3 is 1. The lowest BCUT2D eigenvalue weighted by Crippen LogP contribution is -2.38. The van der Waals surface area contributed by atoms with E-state index in [0.717, 1.165) is 12.2 Å². The number of carbonyl (C=O) groups excluding carboxylic acids is 2. The average Bonchev–Trinajstić information content (AvgIpc) is 2.36. The molecule has 0 aliphatic carbocycles. The van der Waals surface area contributed by atoms with Crippen LogP contribution in [0.2, 0.25) is 0 Å². The quantitative estimate of drug-likeness (QED) is 0.282. The summed E-state index contributed by atoms with van der Waals surface area (Å²) in [4.78, 5) is 41.3. The molecule has 0 aromatic heterocycles. The maximum absolute atomic E-state index is 12.0. The predicted octanol–water partition coefficient (Wildman–Crippen LogP) is 4.15. The minimum Gasteiger partial charge on any atom is -0.466 e. The summed E-state index contributed by atoms with van der Waals surface area (Å²) in [6, 6.07) is 0. The van der Waals surface area contributed by atoms with Crippen molar-refractivity contribution in [3.63, 3.8) is 0 Å². The van der Waals surface area contributed by atoms with Crippen LogP contribution in [0.1, 0.15) is 74.7 Å². The van der Waals surface area contributed by atoms with E-state index in [-0.39, 0.29) is 10.8 Å². The Morgan fingerprint density at radius 2 is 1.21 bits per heavy atom. The third-order valence-electron chi connectivity index (χ3n) is 4.07. The van der Waals surface area contributed by atoms with Crippen molar-refractivity contribution < 1.29 is 37.9 Å². The van der Waals surface area contributed by atoms with Crippen molar-refractivity contribution in [2.24, 2.45) is 10.8 Å². The summed E-state index contributed by atoms with van der Waals surface area (Å²) in [5, 5.41) is 0. The van der Waals surface area contributed by atoms with Crippen LogP contribution in [-0.2, 0) is 28.2 Å². The zero-order valence-electron chi connectivity index (χ0n) is 19.1. The topological polar surface area (TPSA) is 119 Å². The summed E-state index contributed by atoms with van der Waals surface area (Å²) in [5.41, 5.74) is -2.33. The van der Waals surface area contributed by atoms with Crippen LogP contribution in [0.15, 0.2) is 12.2 Å². The van der Waals surface area contributed by atoms with Gasteiger partial charge in [0.2, 0.25) is 0 Å². The van der Waals surface area contributed by atoms with Crippen molar-refractivity contribution in [3.8, 4) is 0 Å². The second kappa shape index (κ2) is 9.73. The molecule has 0 fully saturated rings. The predicted molar refractivity (Wildman–Crippen MR) is 110 cm³/mol. The molecule has 0 rings (SSSR count). The smallest absolute Gasteiger partial charge is 0.466 e. The van der Waals surface area contributed by atoms with Gasteiger partial charge in [0.25, 0.3) is 0 Å². The van der Waals surface area contributed by atoms with Crippen LogP contribution in [-0.4, -0.2) is 40.0 Å². The fourth-order valence-electron chi connectivity index (χ4n) is 4.63. The number of hydrogen-bond donors (Lipinski definition) is 2. The van der Waals surface area contributed by atoms with Crippen molar-refractivity contribution in [2.45, 2.75) is 85.9 Å². The van der Waals surface area contributed by atoms with E-state index in [4.69, 9.17) is 19.0 Å². The molecule has 0 saturated heterocycles. The van der Waals surface area contributed by atoms with Gasteiger partial charge in [0.15, 0.2) is 0 Å². The molecule has 2 N–H and O–H groups in total. The van der Waals surface area contributed by atoms with E-state index >= 15 is 0 Å². The molecule has 29 heavy (non-hydrogen) atoms. The zero-order valence-corrected chi connectivity index (χ0v) is 20.0. The van der Waals surface area contributed by atoms with Crippen LogP contribution in [0.5, 0.6) is 0 Å². The molecule has 0 unspecified atom stereocenters. The van der Waals surface area contributed by atoms with Crippen LogP contribution in [0.4, 0.5) is 0 Å². The van der Waals surface area contributed by atoms with E-state index in [1.165, 1.54) is 7.11 Å². The maximum atomic E-state index is 12.0. The van der Waals surface area contributed by atoms with Gasteiger partial charge in [0, 0.05) is 12.2 Å². The van der Waals surface area contributed by atoms with Gasteiger partial charge in [-0.3, -0.25) is 4.52 Å². The molecule has 0 aliphatic heterocycles. The molecule has 0 radical (unpaired) electrons. The van der Waals surface area contributed by atoms with Gasteiger partial charge < -0.3 is 19.3 Å². The minimum atomic E-state index is -4.59. The van der Waals surface area contributed by atoms with Gasteiger partial charge in [-0.1, -0.05) is 27.7 Å². The third kappa shape index (κ3) is 13.6. The second-order valence-electron chi connectivity index (χ2n) is 10.2. The molecule has 0 heterocycles. The molecule has 0 amide bonds. The normalized spacial score (nSPS) is 14.2. The lowest BCUT2D eigenvalue weighted by atomic mass is 9.67. The number of rotatable bonds is 11. The number of carbonyl (C=O) groups is 2. The molecule has 170 valence electrons. The Balaban J connectivity index is 5.06. The highest BCUT2D eigenvalue weighted by molar-refractivity contribution is 7.46. The highest BCUT2D eigenvalue weighted by Crippen LogP contribution is 2.48. The Morgan fingerprint density at radius 1 is 0.793 bits per heavy atom. The first-order chi connectivity index (χ1) is 12.7. The molecule has 0 saturated carbocycles. The van der Waals surface area contributed by atoms with Gasteiger partial charge in [-0.15, -0.1) is 0 Å². The second-order valence-corrected chi connectivity index (χ2v) is 11.4. The summed E-state index contributed by atoms with van der Waals surface area (Å²) in [5.74, 6) is -1.27. The molecular formula is C20H37O8P. The van der Waals surface area contributed by atoms with Crippen molar-refractivity contribution in [1.29, 1.82) is 0 Å². The summed E-state index contributed by atoms with van der Waals surface area (Å²) in [6.07, 6.45) is 3.72. The Bertz CT molecular complexity index is 655.